The third-order valence-electron chi connectivity index (χ3n) is 5.85. The van der Waals surface area contributed by atoms with Crippen LogP contribution in [0.15, 0.2) is 54.5 Å². The number of aromatic nitrogens is 2. The first-order chi connectivity index (χ1) is 13.7. The number of pyridine rings is 1. The molecule has 5 heterocycles. The van der Waals surface area contributed by atoms with Gasteiger partial charge in [0.1, 0.15) is 5.65 Å². The van der Waals surface area contributed by atoms with Gasteiger partial charge in [0.05, 0.1) is 17.3 Å². The molecule has 28 heavy (non-hydrogen) atoms. The Morgan fingerprint density at radius 1 is 1.18 bits per heavy atom. The Morgan fingerprint density at radius 3 is 2.68 bits per heavy atom. The summed E-state index contributed by atoms with van der Waals surface area (Å²) in [5.74, 6) is 0.482. The van der Waals surface area contributed by atoms with Gasteiger partial charge in [0.2, 0.25) is 0 Å². The van der Waals surface area contributed by atoms with E-state index in [0.29, 0.717) is 12.1 Å². The van der Waals surface area contributed by atoms with Gasteiger partial charge in [-0.1, -0.05) is 12.1 Å². The van der Waals surface area contributed by atoms with Crippen molar-refractivity contribution in [1.82, 2.24) is 14.5 Å². The molecule has 5 heteroatoms. The van der Waals surface area contributed by atoms with Crippen molar-refractivity contribution in [1.29, 1.82) is 5.26 Å². The van der Waals surface area contributed by atoms with E-state index in [4.69, 9.17) is 5.26 Å². The molecule has 3 fully saturated rings. The molecule has 1 aromatic carbocycles. The van der Waals surface area contributed by atoms with E-state index in [0.717, 1.165) is 53.8 Å². The van der Waals surface area contributed by atoms with E-state index in [1.807, 2.05) is 36.4 Å². The smallest absolute Gasteiger partial charge is 0.182 e. The molecule has 0 aliphatic carbocycles. The van der Waals surface area contributed by atoms with Gasteiger partial charge < -0.3 is 9.47 Å². The SMILES string of the molecule is N#Cc1ccc(Cn2cc(/C=C3/C(=O)C4CCN3CC4)c3cccnc32)cc1. The maximum Gasteiger partial charge on any atom is 0.182 e. The van der Waals surface area contributed by atoms with E-state index in [2.05, 4.69) is 32.8 Å². The van der Waals surface area contributed by atoms with E-state index in [9.17, 15) is 4.79 Å². The van der Waals surface area contributed by atoms with Crippen molar-refractivity contribution in [2.24, 2.45) is 5.92 Å². The minimum Gasteiger partial charge on any atom is -0.369 e. The normalized spacial score (nSPS) is 18.2. The highest BCUT2D eigenvalue weighted by molar-refractivity contribution is 6.03. The molecule has 2 bridgehead atoms. The summed E-state index contributed by atoms with van der Waals surface area (Å²) in [7, 11) is 0. The van der Waals surface area contributed by atoms with Gasteiger partial charge >= 0.3 is 0 Å². The predicted molar refractivity (Wildman–Crippen MR) is 107 cm³/mol. The molecule has 138 valence electrons. The van der Waals surface area contributed by atoms with Gasteiger partial charge in [-0.05, 0) is 48.7 Å². The van der Waals surface area contributed by atoms with Crippen LogP contribution in [0.1, 0.15) is 29.5 Å². The van der Waals surface area contributed by atoms with Crippen LogP contribution in [-0.2, 0) is 11.3 Å². The predicted octanol–water partition coefficient (Wildman–Crippen LogP) is 3.59. The number of hydrogen-bond donors (Lipinski definition) is 0. The Balaban J connectivity index is 1.54. The first-order valence-corrected chi connectivity index (χ1v) is 9.67. The number of rotatable bonds is 3. The maximum absolute atomic E-state index is 12.7. The van der Waals surface area contributed by atoms with Crippen LogP contribution in [0, 0.1) is 17.2 Å². The quantitative estimate of drug-likeness (QED) is 0.663. The van der Waals surface area contributed by atoms with Crippen LogP contribution in [0.3, 0.4) is 0 Å². The summed E-state index contributed by atoms with van der Waals surface area (Å²) < 4.78 is 2.12. The van der Waals surface area contributed by atoms with Gasteiger partial charge in [0, 0.05) is 48.9 Å². The standard InChI is InChI=1S/C23H20N4O/c24-13-16-3-5-17(6-4-16)14-27-15-19(20-2-1-9-25-23(20)27)12-21-22(28)18-7-10-26(21)11-8-18/h1-6,9,12,15,18H,7-8,10-11,14H2/b21-12-. The van der Waals surface area contributed by atoms with Crippen LogP contribution in [0.4, 0.5) is 0 Å². The zero-order chi connectivity index (χ0) is 19.1. The molecule has 3 aromatic rings. The summed E-state index contributed by atoms with van der Waals surface area (Å²) in [5.41, 5.74) is 4.56. The first kappa shape index (κ1) is 16.8. The number of hydrogen-bond acceptors (Lipinski definition) is 4. The second-order valence-electron chi connectivity index (χ2n) is 7.55. The zero-order valence-corrected chi connectivity index (χ0v) is 15.5. The van der Waals surface area contributed by atoms with Crippen molar-refractivity contribution in [3.8, 4) is 6.07 Å². The van der Waals surface area contributed by atoms with Gasteiger partial charge in [-0.3, -0.25) is 4.79 Å². The monoisotopic (exact) mass is 368 g/mol. The van der Waals surface area contributed by atoms with Gasteiger partial charge in [-0.2, -0.15) is 5.26 Å². The van der Waals surface area contributed by atoms with Crippen molar-refractivity contribution >= 4 is 22.9 Å². The molecule has 3 saturated heterocycles. The molecule has 0 spiro atoms. The van der Waals surface area contributed by atoms with E-state index < -0.39 is 0 Å². The Hall–Kier alpha value is -3.39. The molecular formula is C23H20N4O. The van der Waals surface area contributed by atoms with Crippen LogP contribution in [0.25, 0.3) is 17.1 Å². The number of fused-ring (bicyclic) bond motifs is 4. The fraction of sp³-hybridized carbons (Fsp3) is 0.261. The molecule has 5 nitrogen and oxygen atoms in total. The summed E-state index contributed by atoms with van der Waals surface area (Å²) in [4.78, 5) is 19.5. The van der Waals surface area contributed by atoms with Crippen molar-refractivity contribution < 1.29 is 4.79 Å². The van der Waals surface area contributed by atoms with Crippen LogP contribution >= 0.6 is 0 Å². The van der Waals surface area contributed by atoms with Crippen LogP contribution < -0.4 is 0 Å². The van der Waals surface area contributed by atoms with Crippen LogP contribution in [0.5, 0.6) is 0 Å². The second kappa shape index (κ2) is 6.65. The summed E-state index contributed by atoms with van der Waals surface area (Å²) in [6.07, 6.45) is 7.90. The largest absolute Gasteiger partial charge is 0.369 e. The van der Waals surface area contributed by atoms with E-state index in [1.165, 1.54) is 0 Å². The molecule has 3 aliphatic rings. The van der Waals surface area contributed by atoms with E-state index >= 15 is 0 Å². The first-order valence-electron chi connectivity index (χ1n) is 9.67. The average Bonchev–Trinajstić information content (AvgIpc) is 3.09. The highest BCUT2D eigenvalue weighted by Crippen LogP contribution is 2.33. The second-order valence-corrected chi connectivity index (χ2v) is 7.55. The average molecular weight is 368 g/mol. The molecule has 0 unspecified atom stereocenters. The maximum atomic E-state index is 12.7. The molecule has 0 N–H and O–H groups in total. The topological polar surface area (TPSA) is 61.9 Å². The number of carbonyl (C=O) groups is 1. The molecule has 0 atom stereocenters. The Kier molecular flexibility index (Phi) is 3.98. The molecule has 3 aliphatic heterocycles. The van der Waals surface area contributed by atoms with Crippen LogP contribution in [0.2, 0.25) is 0 Å². The molecule has 2 aromatic heterocycles. The van der Waals surface area contributed by atoms with Gasteiger partial charge in [0.25, 0.3) is 0 Å². The van der Waals surface area contributed by atoms with Crippen molar-refractivity contribution in [3.63, 3.8) is 0 Å². The third kappa shape index (κ3) is 2.78. The summed E-state index contributed by atoms with van der Waals surface area (Å²) in [6.45, 7) is 2.62. The lowest BCUT2D eigenvalue weighted by Gasteiger charge is -2.41. The lowest BCUT2D eigenvalue weighted by Crippen LogP contribution is -2.45. The number of piperidine rings is 3. The Bertz CT molecular complexity index is 1130. The summed E-state index contributed by atoms with van der Waals surface area (Å²) in [5, 5.41) is 10.0. The molecule has 0 radical (unpaired) electrons. The summed E-state index contributed by atoms with van der Waals surface area (Å²) >= 11 is 0. The summed E-state index contributed by atoms with van der Waals surface area (Å²) in [6, 6.07) is 13.8. The van der Waals surface area contributed by atoms with Crippen molar-refractivity contribution in [2.75, 3.05) is 13.1 Å². The van der Waals surface area contributed by atoms with Crippen LogP contribution in [-0.4, -0.2) is 33.3 Å². The van der Waals surface area contributed by atoms with Gasteiger partial charge in [0.15, 0.2) is 5.78 Å². The van der Waals surface area contributed by atoms with Gasteiger partial charge in [-0.15, -0.1) is 0 Å². The Labute approximate surface area is 163 Å². The van der Waals surface area contributed by atoms with Crippen molar-refractivity contribution in [3.05, 3.63) is 71.2 Å². The highest BCUT2D eigenvalue weighted by atomic mass is 16.1. The number of nitriles is 1. The number of nitrogens with zero attached hydrogens (tertiary/aromatic N) is 4. The molecular weight excluding hydrogens is 348 g/mol. The third-order valence-corrected chi connectivity index (χ3v) is 5.85. The number of ketones is 1. The number of allylic oxidation sites excluding steroid dienone is 1. The molecule has 0 amide bonds. The van der Waals surface area contributed by atoms with Crippen molar-refractivity contribution in [2.45, 2.75) is 19.4 Å². The number of Topliss-reactive ketones (excluding diaryl/α,β-unsaturated/α-hetero) is 1. The number of carbonyl (C=O) groups excluding carboxylic acids is 1. The zero-order valence-electron chi connectivity index (χ0n) is 15.5. The van der Waals surface area contributed by atoms with E-state index in [-0.39, 0.29) is 11.7 Å². The number of benzene rings is 1. The highest BCUT2D eigenvalue weighted by Gasteiger charge is 2.36. The fourth-order valence-corrected chi connectivity index (χ4v) is 4.32. The lowest BCUT2D eigenvalue weighted by atomic mass is 9.84. The Morgan fingerprint density at radius 2 is 1.96 bits per heavy atom. The van der Waals surface area contributed by atoms with Gasteiger partial charge in [-0.25, -0.2) is 4.98 Å². The molecule has 6 rings (SSSR count). The lowest BCUT2D eigenvalue weighted by molar-refractivity contribution is -0.125. The minimum absolute atomic E-state index is 0.196. The molecule has 0 saturated carbocycles. The van der Waals surface area contributed by atoms with E-state index in [1.54, 1.807) is 6.20 Å². The minimum atomic E-state index is 0.196. The fourth-order valence-electron chi connectivity index (χ4n) is 4.32.